The second kappa shape index (κ2) is 7.43. The Labute approximate surface area is 119 Å². The normalized spacial score (nSPS) is 12.9. The highest BCUT2D eigenvalue weighted by atomic mass is 16.3. The molecule has 2 rings (SSSR count). The molecule has 0 aliphatic heterocycles. The Morgan fingerprint density at radius 1 is 1.30 bits per heavy atom. The zero-order valence-electron chi connectivity index (χ0n) is 11.9. The van der Waals surface area contributed by atoms with Crippen LogP contribution in [-0.2, 0) is 13.0 Å². The van der Waals surface area contributed by atoms with E-state index >= 15 is 0 Å². The van der Waals surface area contributed by atoms with Gasteiger partial charge in [0.25, 0.3) is 0 Å². The van der Waals surface area contributed by atoms with Crippen LogP contribution >= 0.6 is 0 Å². The van der Waals surface area contributed by atoms with Gasteiger partial charge in [0.15, 0.2) is 0 Å². The maximum atomic E-state index is 9.37. The van der Waals surface area contributed by atoms with Crippen molar-refractivity contribution < 1.29 is 14.6 Å². The van der Waals surface area contributed by atoms with Crippen molar-refractivity contribution in [3.05, 3.63) is 35.6 Å². The second-order valence-corrected chi connectivity index (χ2v) is 5.07. The number of rotatable bonds is 8. The van der Waals surface area contributed by atoms with Crippen LogP contribution in [0.2, 0.25) is 0 Å². The van der Waals surface area contributed by atoms with E-state index in [1.807, 2.05) is 18.2 Å². The van der Waals surface area contributed by atoms with E-state index in [4.69, 9.17) is 9.52 Å². The number of unbranched alkanes of at least 4 members (excludes halogenated alkanes) is 1. The predicted molar refractivity (Wildman–Crippen MR) is 79.6 cm³/mol. The lowest BCUT2D eigenvalue weighted by atomic mass is 10.1. The van der Waals surface area contributed by atoms with E-state index in [9.17, 15) is 5.11 Å². The first-order valence-corrected chi connectivity index (χ1v) is 7.25. The number of benzene rings is 1. The summed E-state index contributed by atoms with van der Waals surface area (Å²) in [6.07, 6.45) is 2.46. The number of aryl methyl sites for hydroxylation is 1. The molecule has 1 aromatic heterocycles. The molecule has 110 valence electrons. The van der Waals surface area contributed by atoms with Gasteiger partial charge in [-0.05, 0) is 12.5 Å². The molecule has 1 heterocycles. The highest BCUT2D eigenvalue weighted by Crippen LogP contribution is 2.27. The number of furan rings is 1. The first-order valence-electron chi connectivity index (χ1n) is 7.25. The lowest BCUT2D eigenvalue weighted by Crippen LogP contribution is -2.29. The van der Waals surface area contributed by atoms with Gasteiger partial charge in [-0.1, -0.05) is 31.5 Å². The fraction of sp³-hybridized carbons (Fsp3) is 0.500. The highest BCUT2D eigenvalue weighted by molar-refractivity contribution is 5.82. The van der Waals surface area contributed by atoms with Gasteiger partial charge in [-0.15, -0.1) is 0 Å². The molecule has 0 amide bonds. The second-order valence-electron chi connectivity index (χ2n) is 5.07. The number of hydrogen-bond donors (Lipinski definition) is 3. The van der Waals surface area contributed by atoms with Crippen LogP contribution in [0, 0.1) is 0 Å². The molecular formula is C16H23NO3. The Bertz CT molecular complexity index is 536. The summed E-state index contributed by atoms with van der Waals surface area (Å²) in [7, 11) is 0. The van der Waals surface area contributed by atoms with E-state index in [0.29, 0.717) is 13.1 Å². The van der Waals surface area contributed by atoms with E-state index in [1.54, 1.807) is 0 Å². The first-order chi connectivity index (χ1) is 9.76. The van der Waals surface area contributed by atoms with E-state index in [0.717, 1.165) is 36.0 Å². The smallest absolute Gasteiger partial charge is 0.134 e. The van der Waals surface area contributed by atoms with Crippen LogP contribution in [0.5, 0.6) is 0 Å². The molecule has 1 atom stereocenters. The molecule has 0 radical (unpaired) electrons. The van der Waals surface area contributed by atoms with Crippen molar-refractivity contribution >= 4 is 11.0 Å². The Morgan fingerprint density at radius 2 is 2.10 bits per heavy atom. The fourth-order valence-electron chi connectivity index (χ4n) is 2.31. The largest absolute Gasteiger partial charge is 0.461 e. The third-order valence-electron chi connectivity index (χ3n) is 3.43. The minimum absolute atomic E-state index is 0.220. The quantitative estimate of drug-likeness (QED) is 0.692. The van der Waals surface area contributed by atoms with Crippen LogP contribution < -0.4 is 5.32 Å². The van der Waals surface area contributed by atoms with Crippen LogP contribution in [0.15, 0.2) is 28.7 Å². The molecule has 0 bridgehead atoms. The monoisotopic (exact) mass is 277 g/mol. The average molecular weight is 277 g/mol. The molecule has 4 heteroatoms. The fourth-order valence-corrected chi connectivity index (χ4v) is 2.31. The summed E-state index contributed by atoms with van der Waals surface area (Å²) in [6, 6.07) is 8.03. The summed E-state index contributed by atoms with van der Waals surface area (Å²) in [5.74, 6) is 1.03. The SMILES string of the molecule is CCCCc1oc2ccccc2c1CNCC(O)CO. The maximum absolute atomic E-state index is 9.37. The van der Waals surface area contributed by atoms with Crippen molar-refractivity contribution in [2.24, 2.45) is 0 Å². The highest BCUT2D eigenvalue weighted by Gasteiger charge is 2.13. The van der Waals surface area contributed by atoms with Crippen LogP contribution in [0.25, 0.3) is 11.0 Å². The van der Waals surface area contributed by atoms with Crippen LogP contribution in [0.1, 0.15) is 31.1 Å². The third kappa shape index (κ3) is 3.60. The molecule has 0 spiro atoms. The number of aliphatic hydroxyl groups excluding tert-OH is 2. The van der Waals surface area contributed by atoms with Crippen molar-refractivity contribution in [2.45, 2.75) is 38.8 Å². The van der Waals surface area contributed by atoms with E-state index in [1.165, 1.54) is 5.56 Å². The van der Waals surface area contributed by atoms with Crippen LogP contribution in [0.3, 0.4) is 0 Å². The minimum atomic E-state index is -0.716. The average Bonchev–Trinajstić information content (AvgIpc) is 2.83. The Hall–Kier alpha value is -1.36. The van der Waals surface area contributed by atoms with Crippen molar-refractivity contribution in [2.75, 3.05) is 13.2 Å². The summed E-state index contributed by atoms with van der Waals surface area (Å²) < 4.78 is 5.93. The Balaban J connectivity index is 2.15. The summed E-state index contributed by atoms with van der Waals surface area (Å²) in [4.78, 5) is 0. The molecule has 0 aliphatic rings. The maximum Gasteiger partial charge on any atom is 0.134 e. The van der Waals surface area contributed by atoms with Crippen molar-refractivity contribution in [1.29, 1.82) is 0 Å². The Morgan fingerprint density at radius 3 is 2.85 bits per heavy atom. The van der Waals surface area contributed by atoms with Gasteiger partial charge in [0, 0.05) is 30.5 Å². The number of aliphatic hydroxyl groups is 2. The van der Waals surface area contributed by atoms with Gasteiger partial charge >= 0.3 is 0 Å². The van der Waals surface area contributed by atoms with Gasteiger partial charge in [-0.2, -0.15) is 0 Å². The molecule has 1 unspecified atom stereocenters. The molecule has 2 aromatic rings. The predicted octanol–water partition coefficient (Wildman–Crippen LogP) is 2.22. The van der Waals surface area contributed by atoms with Crippen LogP contribution in [-0.4, -0.2) is 29.5 Å². The minimum Gasteiger partial charge on any atom is -0.461 e. The van der Waals surface area contributed by atoms with Gasteiger partial charge in [-0.25, -0.2) is 0 Å². The number of para-hydroxylation sites is 1. The number of nitrogens with one attached hydrogen (secondary N) is 1. The van der Waals surface area contributed by atoms with Gasteiger partial charge in [0.2, 0.25) is 0 Å². The molecule has 0 fully saturated rings. The lowest BCUT2D eigenvalue weighted by Gasteiger charge is -2.09. The van der Waals surface area contributed by atoms with Crippen LogP contribution in [0.4, 0.5) is 0 Å². The summed E-state index contributed by atoms with van der Waals surface area (Å²) in [5, 5.41) is 22.5. The molecule has 4 nitrogen and oxygen atoms in total. The number of hydrogen-bond acceptors (Lipinski definition) is 4. The molecular weight excluding hydrogens is 254 g/mol. The molecule has 0 aliphatic carbocycles. The molecule has 0 saturated carbocycles. The van der Waals surface area contributed by atoms with Gasteiger partial charge in [0.05, 0.1) is 12.7 Å². The lowest BCUT2D eigenvalue weighted by molar-refractivity contribution is 0.0942. The van der Waals surface area contributed by atoms with E-state index in [-0.39, 0.29) is 6.61 Å². The van der Waals surface area contributed by atoms with Crippen molar-refractivity contribution in [3.63, 3.8) is 0 Å². The zero-order valence-corrected chi connectivity index (χ0v) is 11.9. The molecule has 20 heavy (non-hydrogen) atoms. The molecule has 1 aromatic carbocycles. The topological polar surface area (TPSA) is 65.6 Å². The standard InChI is InChI=1S/C16H23NO3/c1-2-3-7-16-14(10-17-9-12(19)11-18)13-6-4-5-8-15(13)20-16/h4-6,8,12,17-19H,2-3,7,9-11H2,1H3. The summed E-state index contributed by atoms with van der Waals surface area (Å²) in [5.41, 5.74) is 2.08. The summed E-state index contributed by atoms with van der Waals surface area (Å²) >= 11 is 0. The molecule has 3 N–H and O–H groups in total. The first kappa shape index (κ1) is 15.0. The van der Waals surface area contributed by atoms with Crippen molar-refractivity contribution in [1.82, 2.24) is 5.32 Å². The zero-order chi connectivity index (χ0) is 14.4. The van der Waals surface area contributed by atoms with Gasteiger partial charge < -0.3 is 19.9 Å². The molecule has 0 saturated heterocycles. The Kier molecular flexibility index (Phi) is 5.59. The third-order valence-corrected chi connectivity index (χ3v) is 3.43. The van der Waals surface area contributed by atoms with E-state index < -0.39 is 6.10 Å². The van der Waals surface area contributed by atoms with Gasteiger partial charge in [0.1, 0.15) is 11.3 Å². The number of fused-ring (bicyclic) bond motifs is 1. The van der Waals surface area contributed by atoms with Crippen molar-refractivity contribution in [3.8, 4) is 0 Å². The van der Waals surface area contributed by atoms with E-state index in [2.05, 4.69) is 18.3 Å². The summed E-state index contributed by atoms with van der Waals surface area (Å²) in [6.45, 7) is 2.97. The van der Waals surface area contributed by atoms with Gasteiger partial charge in [-0.3, -0.25) is 0 Å².